The summed E-state index contributed by atoms with van der Waals surface area (Å²) in [6.45, 7) is 5.40. The number of aryl methyl sites for hydroxylation is 1. The Balaban J connectivity index is 2.84. The van der Waals surface area contributed by atoms with E-state index in [-0.39, 0.29) is 6.04 Å². The zero-order valence-corrected chi connectivity index (χ0v) is 12.0. The predicted molar refractivity (Wildman–Crippen MR) is 69.7 cm³/mol. The highest BCUT2D eigenvalue weighted by Crippen LogP contribution is 2.36. The molecule has 5 heteroatoms. The summed E-state index contributed by atoms with van der Waals surface area (Å²) in [7, 11) is 0. The van der Waals surface area contributed by atoms with E-state index in [1.807, 2.05) is 13.0 Å². The van der Waals surface area contributed by atoms with E-state index in [2.05, 4.69) is 15.9 Å². The molecule has 0 bridgehead atoms. The Kier molecular flexibility index (Phi) is 4.15. The van der Waals surface area contributed by atoms with Gasteiger partial charge in [-0.25, -0.2) is 0 Å². The minimum Gasteiger partial charge on any atom is -0.481 e. The van der Waals surface area contributed by atoms with Crippen LogP contribution >= 0.6 is 27.3 Å². The fourth-order valence-electron chi connectivity index (χ4n) is 1.48. The summed E-state index contributed by atoms with van der Waals surface area (Å²) in [6, 6.07) is 1.77. The zero-order valence-electron chi connectivity index (χ0n) is 9.58. The Hall–Kier alpha value is -0.390. The van der Waals surface area contributed by atoms with Crippen molar-refractivity contribution in [3.63, 3.8) is 0 Å². The molecule has 0 amide bonds. The molecule has 0 saturated carbocycles. The summed E-state index contributed by atoms with van der Waals surface area (Å²) in [4.78, 5) is 13.2. The SMILES string of the molecule is Cc1cc(Br)c(C(N)CC(C)(C)C(=O)O)s1. The van der Waals surface area contributed by atoms with E-state index in [9.17, 15) is 4.79 Å². The molecule has 1 aromatic heterocycles. The average molecular weight is 306 g/mol. The van der Waals surface area contributed by atoms with Gasteiger partial charge in [-0.1, -0.05) is 0 Å². The Morgan fingerprint density at radius 3 is 2.62 bits per heavy atom. The largest absolute Gasteiger partial charge is 0.481 e. The average Bonchev–Trinajstić information content (AvgIpc) is 2.44. The Morgan fingerprint density at radius 1 is 1.69 bits per heavy atom. The number of carbonyl (C=O) groups is 1. The summed E-state index contributed by atoms with van der Waals surface area (Å²) in [5, 5.41) is 9.05. The first-order valence-corrected chi connectivity index (χ1v) is 6.60. The lowest BCUT2D eigenvalue weighted by Gasteiger charge is -2.23. The lowest BCUT2D eigenvalue weighted by Crippen LogP contribution is -2.28. The molecule has 0 aliphatic rings. The van der Waals surface area contributed by atoms with Crippen molar-refractivity contribution in [2.75, 3.05) is 0 Å². The summed E-state index contributed by atoms with van der Waals surface area (Å²) in [5.74, 6) is -0.813. The molecule has 1 atom stereocenters. The highest BCUT2D eigenvalue weighted by Gasteiger charge is 2.31. The zero-order chi connectivity index (χ0) is 12.5. The Bertz CT molecular complexity index is 401. The lowest BCUT2D eigenvalue weighted by atomic mass is 9.86. The van der Waals surface area contributed by atoms with Crippen molar-refractivity contribution in [1.29, 1.82) is 0 Å². The second-order valence-electron chi connectivity index (χ2n) is 4.57. The number of halogens is 1. The normalized spacial score (nSPS) is 13.8. The number of carboxylic acids is 1. The molecule has 3 nitrogen and oxygen atoms in total. The summed E-state index contributed by atoms with van der Waals surface area (Å²) < 4.78 is 0.976. The second kappa shape index (κ2) is 4.85. The molecule has 0 aliphatic heterocycles. The Morgan fingerprint density at radius 2 is 2.25 bits per heavy atom. The molecule has 1 heterocycles. The van der Waals surface area contributed by atoms with Crippen molar-refractivity contribution in [3.8, 4) is 0 Å². The van der Waals surface area contributed by atoms with E-state index >= 15 is 0 Å². The van der Waals surface area contributed by atoms with Crippen LogP contribution in [0.15, 0.2) is 10.5 Å². The summed E-state index contributed by atoms with van der Waals surface area (Å²) in [5.41, 5.74) is 5.26. The number of hydrogen-bond donors (Lipinski definition) is 2. The van der Waals surface area contributed by atoms with Crippen LogP contribution in [0.25, 0.3) is 0 Å². The molecule has 90 valence electrons. The third-order valence-electron chi connectivity index (χ3n) is 2.48. The first kappa shape index (κ1) is 13.7. The minimum atomic E-state index is -0.813. The van der Waals surface area contributed by atoms with Gasteiger partial charge in [0.1, 0.15) is 0 Å². The van der Waals surface area contributed by atoms with Crippen LogP contribution in [0.5, 0.6) is 0 Å². The number of carboxylic acid groups (broad SMARTS) is 1. The Labute approximate surface area is 108 Å². The van der Waals surface area contributed by atoms with Gasteiger partial charge in [0, 0.05) is 20.3 Å². The fraction of sp³-hybridized carbons (Fsp3) is 0.545. The van der Waals surface area contributed by atoms with Crippen LogP contribution in [0.4, 0.5) is 0 Å². The molecule has 0 fully saturated rings. The van der Waals surface area contributed by atoms with Gasteiger partial charge in [-0.3, -0.25) is 4.79 Å². The first-order valence-electron chi connectivity index (χ1n) is 4.99. The predicted octanol–water partition coefficient (Wildman–Crippen LogP) is 3.32. The summed E-state index contributed by atoms with van der Waals surface area (Å²) >= 11 is 5.06. The second-order valence-corrected chi connectivity index (χ2v) is 6.71. The van der Waals surface area contributed by atoms with Gasteiger partial charge in [0.25, 0.3) is 0 Å². The quantitative estimate of drug-likeness (QED) is 0.897. The molecule has 1 rings (SSSR count). The standard InChI is InChI=1S/C11H16BrNO2S/c1-6-4-7(12)9(16-6)8(13)5-11(2,3)10(14)15/h4,8H,5,13H2,1-3H3,(H,14,15). The molecule has 1 aromatic rings. The van der Waals surface area contributed by atoms with E-state index in [1.54, 1.807) is 25.2 Å². The van der Waals surface area contributed by atoms with Crippen LogP contribution in [0, 0.1) is 12.3 Å². The monoisotopic (exact) mass is 305 g/mol. The van der Waals surface area contributed by atoms with Gasteiger partial charge in [-0.2, -0.15) is 0 Å². The van der Waals surface area contributed by atoms with Crippen molar-refractivity contribution < 1.29 is 9.90 Å². The molecule has 3 N–H and O–H groups in total. The van der Waals surface area contributed by atoms with Crippen LogP contribution in [0.3, 0.4) is 0 Å². The van der Waals surface area contributed by atoms with E-state index in [0.29, 0.717) is 6.42 Å². The topological polar surface area (TPSA) is 63.3 Å². The van der Waals surface area contributed by atoms with Crippen LogP contribution in [-0.4, -0.2) is 11.1 Å². The van der Waals surface area contributed by atoms with Crippen LogP contribution < -0.4 is 5.73 Å². The molecule has 0 aliphatic carbocycles. The van der Waals surface area contributed by atoms with Crippen molar-refractivity contribution >= 4 is 33.2 Å². The molecular formula is C11H16BrNO2S. The van der Waals surface area contributed by atoms with E-state index in [1.165, 1.54) is 4.88 Å². The van der Waals surface area contributed by atoms with E-state index in [4.69, 9.17) is 10.8 Å². The first-order chi connectivity index (χ1) is 7.24. The van der Waals surface area contributed by atoms with Gasteiger partial charge >= 0.3 is 5.97 Å². The fourth-order valence-corrected chi connectivity index (χ4v) is 3.43. The van der Waals surface area contributed by atoms with Crippen molar-refractivity contribution in [2.24, 2.45) is 11.1 Å². The third-order valence-corrected chi connectivity index (χ3v) is 4.58. The maximum absolute atomic E-state index is 11.0. The maximum atomic E-state index is 11.0. The molecule has 1 unspecified atom stereocenters. The highest BCUT2D eigenvalue weighted by molar-refractivity contribution is 9.10. The number of hydrogen-bond acceptors (Lipinski definition) is 3. The van der Waals surface area contributed by atoms with E-state index in [0.717, 1.165) is 9.35 Å². The number of rotatable bonds is 4. The highest BCUT2D eigenvalue weighted by atomic mass is 79.9. The molecule has 0 radical (unpaired) electrons. The molecular weight excluding hydrogens is 290 g/mol. The van der Waals surface area contributed by atoms with Crippen LogP contribution in [0.1, 0.15) is 36.1 Å². The maximum Gasteiger partial charge on any atom is 0.309 e. The summed E-state index contributed by atoms with van der Waals surface area (Å²) in [6.07, 6.45) is 0.431. The molecule has 16 heavy (non-hydrogen) atoms. The molecule has 0 aromatic carbocycles. The van der Waals surface area contributed by atoms with Gasteiger partial charge in [0.2, 0.25) is 0 Å². The van der Waals surface area contributed by atoms with Gasteiger partial charge in [0.15, 0.2) is 0 Å². The van der Waals surface area contributed by atoms with Crippen molar-refractivity contribution in [2.45, 2.75) is 33.2 Å². The minimum absolute atomic E-state index is 0.237. The number of thiophene rings is 1. The molecule has 0 spiro atoms. The van der Waals surface area contributed by atoms with Gasteiger partial charge < -0.3 is 10.8 Å². The molecule has 0 saturated heterocycles. The third kappa shape index (κ3) is 3.06. The van der Waals surface area contributed by atoms with Crippen molar-refractivity contribution in [3.05, 3.63) is 20.3 Å². The van der Waals surface area contributed by atoms with Crippen molar-refractivity contribution in [1.82, 2.24) is 0 Å². The smallest absolute Gasteiger partial charge is 0.309 e. The van der Waals surface area contributed by atoms with Gasteiger partial charge in [0.05, 0.1) is 5.41 Å². The van der Waals surface area contributed by atoms with Gasteiger partial charge in [-0.05, 0) is 49.2 Å². The van der Waals surface area contributed by atoms with Crippen LogP contribution in [0.2, 0.25) is 0 Å². The number of nitrogens with two attached hydrogens (primary N) is 1. The van der Waals surface area contributed by atoms with Gasteiger partial charge in [-0.15, -0.1) is 11.3 Å². The van der Waals surface area contributed by atoms with E-state index < -0.39 is 11.4 Å². The lowest BCUT2D eigenvalue weighted by molar-refractivity contribution is -0.147. The number of aliphatic carboxylic acids is 1. The van der Waals surface area contributed by atoms with Crippen LogP contribution in [-0.2, 0) is 4.79 Å².